The van der Waals surface area contributed by atoms with Crippen LogP contribution in [0.3, 0.4) is 0 Å². The number of hydrogen-bond donors (Lipinski definition) is 1. The van der Waals surface area contributed by atoms with Gasteiger partial charge in [0, 0.05) is 17.6 Å². The Hall–Kier alpha value is -0.410. The number of benzene rings is 1. The Balaban J connectivity index is 2.47. The van der Waals surface area contributed by atoms with Gasteiger partial charge in [-0.25, -0.2) is 4.39 Å². The number of rotatable bonds is 0. The van der Waals surface area contributed by atoms with E-state index in [0.717, 1.165) is 22.1 Å². The fourth-order valence-electron chi connectivity index (χ4n) is 1.46. The van der Waals surface area contributed by atoms with Gasteiger partial charge in [-0.1, -0.05) is 22.0 Å². The van der Waals surface area contributed by atoms with Crippen LogP contribution in [-0.2, 0) is 6.54 Å². The monoisotopic (exact) mass is 229 g/mol. The van der Waals surface area contributed by atoms with Crippen LogP contribution in [0.5, 0.6) is 0 Å². The lowest BCUT2D eigenvalue weighted by molar-refractivity contribution is 0.310. The first-order valence-electron chi connectivity index (χ1n) is 3.90. The van der Waals surface area contributed by atoms with Crippen LogP contribution in [0.4, 0.5) is 4.39 Å². The molecule has 0 unspecified atom stereocenters. The van der Waals surface area contributed by atoms with Crippen LogP contribution in [-0.4, -0.2) is 6.54 Å². The maximum atomic E-state index is 13.3. The molecule has 0 aromatic heterocycles. The standard InChI is InChI=1S/C9H9BrFN/c10-7-2-1-6-4-12-5-9(11)8(6)3-7/h1-3,9,12H,4-5H2/t9-/m0/s1. The van der Waals surface area contributed by atoms with Crippen LogP contribution >= 0.6 is 15.9 Å². The molecule has 1 aromatic carbocycles. The molecule has 0 spiro atoms. The number of alkyl halides is 1. The summed E-state index contributed by atoms with van der Waals surface area (Å²) in [6.07, 6.45) is -0.855. The van der Waals surface area contributed by atoms with Gasteiger partial charge in [-0.2, -0.15) is 0 Å². The fourth-order valence-corrected chi connectivity index (χ4v) is 1.84. The van der Waals surface area contributed by atoms with Gasteiger partial charge >= 0.3 is 0 Å². The topological polar surface area (TPSA) is 12.0 Å². The summed E-state index contributed by atoms with van der Waals surface area (Å²) in [5.74, 6) is 0. The largest absolute Gasteiger partial charge is 0.309 e. The highest BCUT2D eigenvalue weighted by molar-refractivity contribution is 9.10. The number of fused-ring (bicyclic) bond motifs is 1. The molecule has 0 fully saturated rings. The maximum Gasteiger partial charge on any atom is 0.138 e. The van der Waals surface area contributed by atoms with Gasteiger partial charge in [0.25, 0.3) is 0 Å². The zero-order valence-electron chi connectivity index (χ0n) is 6.48. The number of nitrogens with one attached hydrogen (secondary N) is 1. The normalized spacial score (nSPS) is 22.0. The summed E-state index contributed by atoms with van der Waals surface area (Å²) in [5, 5.41) is 3.02. The molecule has 1 aliphatic rings. The second-order valence-electron chi connectivity index (χ2n) is 2.94. The van der Waals surface area contributed by atoms with Crippen LogP contribution in [0.2, 0.25) is 0 Å². The van der Waals surface area contributed by atoms with Crippen LogP contribution in [0.1, 0.15) is 17.3 Å². The third-order valence-corrected chi connectivity index (χ3v) is 2.58. The van der Waals surface area contributed by atoms with Crippen LogP contribution in [0, 0.1) is 0 Å². The van der Waals surface area contributed by atoms with Gasteiger partial charge in [0.1, 0.15) is 6.17 Å². The van der Waals surface area contributed by atoms with E-state index in [0.29, 0.717) is 6.54 Å². The minimum atomic E-state index is -0.855. The lowest BCUT2D eigenvalue weighted by atomic mass is 10.0. The second-order valence-corrected chi connectivity index (χ2v) is 3.86. The lowest BCUT2D eigenvalue weighted by Gasteiger charge is -2.20. The van der Waals surface area contributed by atoms with E-state index < -0.39 is 6.17 Å². The molecule has 1 N–H and O–H groups in total. The van der Waals surface area contributed by atoms with E-state index >= 15 is 0 Å². The average Bonchev–Trinajstić information content (AvgIpc) is 2.07. The van der Waals surface area contributed by atoms with Crippen LogP contribution < -0.4 is 5.32 Å². The summed E-state index contributed by atoms with van der Waals surface area (Å²) in [5.41, 5.74) is 1.89. The number of halogens is 2. The molecule has 1 atom stereocenters. The molecule has 1 aliphatic heterocycles. The molecule has 12 heavy (non-hydrogen) atoms. The predicted octanol–water partition coefficient (Wildman–Crippen LogP) is 2.56. The molecule has 1 nitrogen and oxygen atoms in total. The molecule has 0 radical (unpaired) electrons. The molecule has 0 saturated heterocycles. The molecular weight excluding hydrogens is 221 g/mol. The van der Waals surface area contributed by atoms with Gasteiger partial charge in [0.2, 0.25) is 0 Å². The SMILES string of the molecule is F[C@H]1CNCc2ccc(Br)cc21. The van der Waals surface area contributed by atoms with Crippen molar-refractivity contribution in [2.24, 2.45) is 0 Å². The smallest absolute Gasteiger partial charge is 0.138 e. The maximum absolute atomic E-state index is 13.3. The van der Waals surface area contributed by atoms with E-state index in [-0.39, 0.29) is 0 Å². The third kappa shape index (κ3) is 1.39. The lowest BCUT2D eigenvalue weighted by Crippen LogP contribution is -2.25. The molecule has 0 bridgehead atoms. The van der Waals surface area contributed by atoms with Crippen LogP contribution in [0.15, 0.2) is 22.7 Å². The van der Waals surface area contributed by atoms with Crippen molar-refractivity contribution in [3.05, 3.63) is 33.8 Å². The van der Waals surface area contributed by atoms with E-state index in [1.54, 1.807) is 0 Å². The van der Waals surface area contributed by atoms with E-state index in [9.17, 15) is 4.39 Å². The third-order valence-electron chi connectivity index (χ3n) is 2.08. The summed E-state index contributed by atoms with van der Waals surface area (Å²) >= 11 is 3.33. The van der Waals surface area contributed by atoms with E-state index in [1.807, 2.05) is 18.2 Å². The first-order chi connectivity index (χ1) is 5.77. The fraction of sp³-hybridized carbons (Fsp3) is 0.333. The summed E-state index contributed by atoms with van der Waals surface area (Å²) < 4.78 is 14.2. The summed E-state index contributed by atoms with van der Waals surface area (Å²) in [4.78, 5) is 0. The summed E-state index contributed by atoms with van der Waals surface area (Å²) in [6, 6.07) is 5.76. The van der Waals surface area contributed by atoms with Crippen LogP contribution in [0.25, 0.3) is 0 Å². The molecule has 0 amide bonds. The highest BCUT2D eigenvalue weighted by Crippen LogP contribution is 2.27. The Morgan fingerprint density at radius 3 is 3.17 bits per heavy atom. The summed E-state index contributed by atoms with van der Waals surface area (Å²) in [6.45, 7) is 1.21. The van der Waals surface area contributed by atoms with Gasteiger partial charge in [-0.05, 0) is 23.3 Å². The first-order valence-corrected chi connectivity index (χ1v) is 4.70. The molecule has 64 valence electrons. The van der Waals surface area contributed by atoms with Crippen molar-refractivity contribution in [3.63, 3.8) is 0 Å². The minimum absolute atomic E-state index is 0.434. The van der Waals surface area contributed by atoms with Crippen molar-refractivity contribution < 1.29 is 4.39 Å². The van der Waals surface area contributed by atoms with Crippen molar-refractivity contribution in [1.82, 2.24) is 5.32 Å². The molecule has 0 saturated carbocycles. The Morgan fingerprint density at radius 2 is 2.33 bits per heavy atom. The molecular formula is C9H9BrFN. The Labute approximate surface area is 79.1 Å². The second kappa shape index (κ2) is 3.15. The molecule has 3 heteroatoms. The quantitative estimate of drug-likeness (QED) is 0.722. The Kier molecular flexibility index (Phi) is 2.15. The average molecular weight is 230 g/mol. The first kappa shape index (κ1) is 8.20. The van der Waals surface area contributed by atoms with Gasteiger partial charge < -0.3 is 5.32 Å². The van der Waals surface area contributed by atoms with Crippen molar-refractivity contribution >= 4 is 15.9 Å². The predicted molar refractivity (Wildman–Crippen MR) is 49.7 cm³/mol. The van der Waals surface area contributed by atoms with Crippen molar-refractivity contribution in [3.8, 4) is 0 Å². The summed E-state index contributed by atoms with van der Waals surface area (Å²) in [7, 11) is 0. The minimum Gasteiger partial charge on any atom is -0.309 e. The zero-order chi connectivity index (χ0) is 8.55. The molecule has 0 aliphatic carbocycles. The molecule has 1 aromatic rings. The van der Waals surface area contributed by atoms with Gasteiger partial charge in [-0.3, -0.25) is 0 Å². The molecule has 1 heterocycles. The van der Waals surface area contributed by atoms with Crippen molar-refractivity contribution in [2.75, 3.05) is 6.54 Å². The van der Waals surface area contributed by atoms with E-state index in [1.165, 1.54) is 0 Å². The highest BCUT2D eigenvalue weighted by atomic mass is 79.9. The van der Waals surface area contributed by atoms with Crippen molar-refractivity contribution in [2.45, 2.75) is 12.7 Å². The highest BCUT2D eigenvalue weighted by Gasteiger charge is 2.18. The molecule has 2 rings (SSSR count). The van der Waals surface area contributed by atoms with E-state index in [4.69, 9.17) is 0 Å². The van der Waals surface area contributed by atoms with E-state index in [2.05, 4.69) is 21.2 Å². The van der Waals surface area contributed by atoms with Gasteiger partial charge in [0.15, 0.2) is 0 Å². The van der Waals surface area contributed by atoms with Gasteiger partial charge in [0.05, 0.1) is 0 Å². The zero-order valence-corrected chi connectivity index (χ0v) is 8.07. The van der Waals surface area contributed by atoms with Crippen molar-refractivity contribution in [1.29, 1.82) is 0 Å². The Bertz CT molecular complexity index is 301. The van der Waals surface area contributed by atoms with Gasteiger partial charge in [-0.15, -0.1) is 0 Å². The number of hydrogen-bond acceptors (Lipinski definition) is 1. The Morgan fingerprint density at radius 1 is 1.50 bits per heavy atom.